The molecule has 2 aromatic carbocycles. The number of carbonyl (C=O) groups is 1. The first kappa shape index (κ1) is 22.7. The number of carbonyl (C=O) groups excluding carboxylic acids is 1. The molecular weight excluding hydrogens is 388 g/mol. The van der Waals surface area contributed by atoms with E-state index < -0.39 is 10.0 Å². The Hall–Kier alpha value is -2.54. The molecule has 0 saturated heterocycles. The highest BCUT2D eigenvalue weighted by molar-refractivity contribution is 7.93. The Balaban J connectivity index is 2.48. The van der Waals surface area contributed by atoms with Gasteiger partial charge in [0.1, 0.15) is 12.3 Å². The Morgan fingerprint density at radius 2 is 1.69 bits per heavy atom. The van der Waals surface area contributed by atoms with Crippen molar-refractivity contribution in [3.05, 3.63) is 53.6 Å². The van der Waals surface area contributed by atoms with E-state index in [0.29, 0.717) is 17.0 Å². The van der Waals surface area contributed by atoms with Crippen LogP contribution >= 0.6 is 0 Å². The normalized spacial score (nSPS) is 12.5. The van der Waals surface area contributed by atoms with Crippen molar-refractivity contribution in [2.24, 2.45) is 5.92 Å². The highest BCUT2D eigenvalue weighted by Gasteiger charge is 2.29. The molecule has 0 fully saturated rings. The second-order valence-electron chi connectivity index (χ2n) is 7.58. The molecule has 0 aromatic heterocycles. The molecule has 7 heteroatoms. The fraction of sp³-hybridized carbons (Fsp3) is 0.409. The lowest BCUT2D eigenvalue weighted by Gasteiger charge is -2.26. The van der Waals surface area contributed by atoms with Crippen molar-refractivity contribution in [2.75, 3.05) is 18.0 Å². The zero-order chi connectivity index (χ0) is 21.8. The van der Waals surface area contributed by atoms with Crippen LogP contribution in [0.5, 0.6) is 5.75 Å². The maximum atomic E-state index is 13.5. The Bertz CT molecular complexity index is 953. The summed E-state index contributed by atoms with van der Waals surface area (Å²) in [6.45, 7) is 9.18. The zero-order valence-corrected chi connectivity index (χ0v) is 18.7. The molecule has 0 bridgehead atoms. The van der Waals surface area contributed by atoms with Gasteiger partial charge in [-0.15, -0.1) is 0 Å². The number of anilines is 1. The lowest BCUT2D eigenvalue weighted by Crippen LogP contribution is -2.45. The van der Waals surface area contributed by atoms with Gasteiger partial charge in [0.25, 0.3) is 10.0 Å². The van der Waals surface area contributed by atoms with Crippen molar-refractivity contribution in [3.63, 3.8) is 0 Å². The van der Waals surface area contributed by atoms with Crippen LogP contribution in [0.4, 0.5) is 5.69 Å². The Labute approximate surface area is 173 Å². The first-order valence-electron chi connectivity index (χ1n) is 9.59. The van der Waals surface area contributed by atoms with E-state index in [0.717, 1.165) is 9.87 Å². The van der Waals surface area contributed by atoms with Gasteiger partial charge in [-0.1, -0.05) is 26.0 Å². The summed E-state index contributed by atoms with van der Waals surface area (Å²) in [7, 11) is -2.40. The molecule has 0 radical (unpaired) electrons. The Kier molecular flexibility index (Phi) is 7.30. The SMILES string of the molecule is COc1ccc(N(CC(=O)NC(C)C(C)C)S(=O)(=O)c2cc(C)ccc2C)cc1. The third-order valence-electron chi connectivity index (χ3n) is 4.95. The molecular formula is C22H30N2O4S. The molecule has 1 unspecified atom stereocenters. The number of nitrogens with zero attached hydrogens (tertiary/aromatic N) is 1. The quantitative estimate of drug-likeness (QED) is 0.710. The summed E-state index contributed by atoms with van der Waals surface area (Å²) in [4.78, 5) is 12.8. The number of methoxy groups -OCH3 is 1. The minimum Gasteiger partial charge on any atom is -0.497 e. The van der Waals surface area contributed by atoms with Crippen LogP contribution in [0.15, 0.2) is 47.4 Å². The van der Waals surface area contributed by atoms with Crippen LogP contribution in [0, 0.1) is 19.8 Å². The van der Waals surface area contributed by atoms with Gasteiger partial charge in [-0.2, -0.15) is 0 Å². The van der Waals surface area contributed by atoms with Crippen LogP contribution in [0.1, 0.15) is 31.9 Å². The van der Waals surface area contributed by atoms with E-state index in [1.807, 2.05) is 33.8 Å². The fourth-order valence-corrected chi connectivity index (χ4v) is 4.50. The topological polar surface area (TPSA) is 75.7 Å². The van der Waals surface area contributed by atoms with E-state index in [4.69, 9.17) is 4.74 Å². The highest BCUT2D eigenvalue weighted by atomic mass is 32.2. The van der Waals surface area contributed by atoms with Crippen molar-refractivity contribution in [2.45, 2.75) is 45.6 Å². The average molecular weight is 419 g/mol. The van der Waals surface area contributed by atoms with E-state index in [1.54, 1.807) is 50.4 Å². The van der Waals surface area contributed by atoms with Gasteiger partial charge in [-0.3, -0.25) is 9.10 Å². The van der Waals surface area contributed by atoms with Gasteiger partial charge in [0, 0.05) is 6.04 Å². The van der Waals surface area contributed by atoms with E-state index in [-0.39, 0.29) is 29.3 Å². The number of sulfonamides is 1. The fourth-order valence-electron chi connectivity index (χ4n) is 2.76. The van der Waals surface area contributed by atoms with Gasteiger partial charge < -0.3 is 10.1 Å². The van der Waals surface area contributed by atoms with Crippen molar-refractivity contribution in [1.29, 1.82) is 0 Å². The van der Waals surface area contributed by atoms with Crippen molar-refractivity contribution < 1.29 is 17.9 Å². The number of aryl methyl sites for hydroxylation is 2. The lowest BCUT2D eigenvalue weighted by atomic mass is 10.1. The molecule has 0 aliphatic carbocycles. The van der Waals surface area contributed by atoms with Crippen molar-refractivity contribution in [1.82, 2.24) is 5.32 Å². The van der Waals surface area contributed by atoms with Crippen molar-refractivity contribution >= 4 is 21.6 Å². The minimum atomic E-state index is -3.95. The molecule has 6 nitrogen and oxygen atoms in total. The standard InChI is InChI=1S/C22H30N2O4S/c1-15(2)18(5)23-22(25)14-24(19-9-11-20(28-6)12-10-19)29(26,27)21-13-16(3)7-8-17(21)4/h7-13,15,18H,14H2,1-6H3,(H,23,25). The van der Waals surface area contributed by atoms with Crippen molar-refractivity contribution in [3.8, 4) is 5.75 Å². The van der Waals surface area contributed by atoms with Gasteiger partial charge in [0.2, 0.25) is 5.91 Å². The molecule has 29 heavy (non-hydrogen) atoms. The number of ether oxygens (including phenoxy) is 1. The molecule has 0 aliphatic heterocycles. The third kappa shape index (κ3) is 5.50. The summed E-state index contributed by atoms with van der Waals surface area (Å²) in [6.07, 6.45) is 0. The molecule has 1 amide bonds. The predicted octanol–water partition coefficient (Wildman–Crippen LogP) is 3.67. The predicted molar refractivity (Wildman–Crippen MR) is 116 cm³/mol. The van der Waals surface area contributed by atoms with E-state index in [2.05, 4.69) is 5.32 Å². The molecule has 1 atom stereocenters. The van der Waals surface area contributed by atoms with Gasteiger partial charge in [0.05, 0.1) is 17.7 Å². The summed E-state index contributed by atoms with van der Waals surface area (Å²) in [5.74, 6) is 0.496. The molecule has 0 heterocycles. The van der Waals surface area contributed by atoms with Crippen LogP contribution in [-0.2, 0) is 14.8 Å². The molecule has 158 valence electrons. The summed E-state index contributed by atoms with van der Waals surface area (Å²) in [5, 5.41) is 2.88. The van der Waals surface area contributed by atoms with Crippen LogP contribution < -0.4 is 14.4 Å². The Morgan fingerprint density at radius 3 is 2.24 bits per heavy atom. The first-order chi connectivity index (χ1) is 13.6. The van der Waals surface area contributed by atoms with Gasteiger partial charge >= 0.3 is 0 Å². The molecule has 2 aromatic rings. The second-order valence-corrected chi connectivity index (χ2v) is 9.41. The number of benzene rings is 2. The largest absolute Gasteiger partial charge is 0.497 e. The van der Waals surface area contributed by atoms with E-state index in [1.165, 1.54) is 0 Å². The summed E-state index contributed by atoms with van der Waals surface area (Å²) in [5.41, 5.74) is 1.87. The molecule has 1 N–H and O–H groups in total. The zero-order valence-electron chi connectivity index (χ0n) is 17.9. The maximum Gasteiger partial charge on any atom is 0.265 e. The molecule has 0 aliphatic rings. The number of hydrogen-bond acceptors (Lipinski definition) is 4. The van der Waals surface area contributed by atoms with Gasteiger partial charge in [0.15, 0.2) is 0 Å². The summed E-state index contributed by atoms with van der Waals surface area (Å²) in [6, 6.07) is 11.8. The number of amides is 1. The number of hydrogen-bond donors (Lipinski definition) is 1. The maximum absolute atomic E-state index is 13.5. The minimum absolute atomic E-state index is 0.0661. The van der Waals surface area contributed by atoms with E-state index >= 15 is 0 Å². The van der Waals surface area contributed by atoms with Crippen LogP contribution in [0.2, 0.25) is 0 Å². The monoisotopic (exact) mass is 418 g/mol. The van der Waals surface area contributed by atoms with Crippen LogP contribution in [0.25, 0.3) is 0 Å². The second kappa shape index (κ2) is 9.31. The molecule has 2 rings (SSSR count). The van der Waals surface area contributed by atoms with Gasteiger partial charge in [-0.25, -0.2) is 8.42 Å². The van der Waals surface area contributed by atoms with Gasteiger partial charge in [-0.05, 0) is 68.1 Å². The highest BCUT2D eigenvalue weighted by Crippen LogP contribution is 2.28. The van der Waals surface area contributed by atoms with E-state index in [9.17, 15) is 13.2 Å². The summed E-state index contributed by atoms with van der Waals surface area (Å²) >= 11 is 0. The molecule has 0 saturated carbocycles. The van der Waals surface area contributed by atoms with Crippen LogP contribution in [-0.4, -0.2) is 34.0 Å². The summed E-state index contributed by atoms with van der Waals surface area (Å²) < 4.78 is 33.4. The smallest absolute Gasteiger partial charge is 0.265 e. The average Bonchev–Trinajstić information content (AvgIpc) is 2.67. The Morgan fingerprint density at radius 1 is 1.07 bits per heavy atom. The number of nitrogens with one attached hydrogen (secondary N) is 1. The first-order valence-corrected chi connectivity index (χ1v) is 11.0. The molecule has 0 spiro atoms. The lowest BCUT2D eigenvalue weighted by molar-refractivity contribution is -0.120. The third-order valence-corrected chi connectivity index (χ3v) is 6.86. The van der Waals surface area contributed by atoms with Crippen LogP contribution in [0.3, 0.4) is 0 Å². The number of rotatable bonds is 8.